The third-order valence-corrected chi connectivity index (χ3v) is 4.28. The van der Waals surface area contributed by atoms with E-state index in [1.54, 1.807) is 20.0 Å². The topological polar surface area (TPSA) is 88.5 Å². The van der Waals surface area contributed by atoms with E-state index in [-0.39, 0.29) is 11.9 Å². The quantitative estimate of drug-likeness (QED) is 0.792. The van der Waals surface area contributed by atoms with Crippen LogP contribution >= 0.6 is 0 Å². The zero-order valence-corrected chi connectivity index (χ0v) is 14.4. The summed E-state index contributed by atoms with van der Waals surface area (Å²) in [5.74, 6) is 2.72. The van der Waals surface area contributed by atoms with Gasteiger partial charge in [0.2, 0.25) is 17.7 Å². The molecule has 24 heavy (non-hydrogen) atoms. The van der Waals surface area contributed by atoms with Crippen molar-refractivity contribution >= 4 is 5.91 Å². The second-order valence-electron chi connectivity index (χ2n) is 6.13. The highest BCUT2D eigenvalue weighted by atomic mass is 16.5. The number of aromatic nitrogens is 3. The second kappa shape index (κ2) is 7.12. The highest BCUT2D eigenvalue weighted by molar-refractivity contribution is 5.73. The van der Waals surface area contributed by atoms with Crippen LogP contribution in [-0.4, -0.2) is 50.0 Å². The van der Waals surface area contributed by atoms with E-state index < -0.39 is 0 Å². The normalized spacial score (nSPS) is 18.2. The van der Waals surface area contributed by atoms with Crippen molar-refractivity contribution in [3.05, 3.63) is 29.6 Å². The number of rotatable bonds is 6. The van der Waals surface area contributed by atoms with Gasteiger partial charge in [0.25, 0.3) is 0 Å². The van der Waals surface area contributed by atoms with Crippen LogP contribution in [0.2, 0.25) is 0 Å². The van der Waals surface area contributed by atoms with Crippen molar-refractivity contribution in [1.82, 2.24) is 24.9 Å². The summed E-state index contributed by atoms with van der Waals surface area (Å²) in [4.78, 5) is 24.7. The van der Waals surface area contributed by atoms with Crippen LogP contribution in [-0.2, 0) is 24.3 Å². The third kappa shape index (κ3) is 3.81. The van der Waals surface area contributed by atoms with Gasteiger partial charge in [0.05, 0.1) is 19.3 Å². The van der Waals surface area contributed by atoms with Gasteiger partial charge in [-0.2, -0.15) is 4.98 Å². The Bertz CT molecular complexity index is 695. The molecule has 3 rings (SSSR count). The Morgan fingerprint density at radius 3 is 2.96 bits per heavy atom. The molecule has 0 unspecified atom stereocenters. The summed E-state index contributed by atoms with van der Waals surface area (Å²) in [6, 6.07) is 0.146. The molecule has 3 heterocycles. The van der Waals surface area contributed by atoms with Crippen molar-refractivity contribution in [3.8, 4) is 0 Å². The maximum atomic E-state index is 12.1. The zero-order valence-electron chi connectivity index (χ0n) is 14.4. The summed E-state index contributed by atoms with van der Waals surface area (Å²) < 4.78 is 10.7. The second-order valence-corrected chi connectivity index (χ2v) is 6.13. The molecule has 1 aliphatic heterocycles. The molecule has 2 aromatic rings. The molecule has 0 N–H and O–H groups in total. The molecule has 8 nitrogen and oxygen atoms in total. The van der Waals surface area contributed by atoms with E-state index in [4.69, 9.17) is 8.94 Å². The lowest BCUT2D eigenvalue weighted by molar-refractivity contribution is -0.132. The van der Waals surface area contributed by atoms with E-state index in [0.29, 0.717) is 30.7 Å². The number of carbonyl (C=O) groups excluding carboxylic acids is 1. The summed E-state index contributed by atoms with van der Waals surface area (Å²) in [6.07, 6.45) is 3.44. The van der Waals surface area contributed by atoms with Crippen LogP contribution < -0.4 is 0 Å². The maximum absolute atomic E-state index is 12.1. The van der Waals surface area contributed by atoms with Crippen LogP contribution in [0, 0.1) is 6.92 Å². The minimum Gasteiger partial charge on any atom is -0.444 e. The molecule has 8 heteroatoms. The van der Waals surface area contributed by atoms with Gasteiger partial charge in [-0.05, 0) is 6.42 Å². The molecule has 0 bridgehead atoms. The summed E-state index contributed by atoms with van der Waals surface area (Å²) >= 11 is 0. The number of aryl methyl sites for hydroxylation is 2. The smallest absolute Gasteiger partial charge is 0.223 e. The number of hydrogen-bond acceptors (Lipinski definition) is 7. The average molecular weight is 333 g/mol. The monoisotopic (exact) mass is 333 g/mol. The molecule has 1 saturated heterocycles. The van der Waals surface area contributed by atoms with Gasteiger partial charge in [0, 0.05) is 39.4 Å². The molecule has 0 spiro atoms. The van der Waals surface area contributed by atoms with Gasteiger partial charge in [-0.15, -0.1) is 0 Å². The van der Waals surface area contributed by atoms with E-state index in [0.717, 1.165) is 31.7 Å². The highest BCUT2D eigenvalue weighted by Gasteiger charge is 2.30. The standard InChI is InChI=1S/C16H23N5O3/c1-4-14-7-17-16(23-14)10-21(12(3)22)13-5-6-20(8-13)9-15-18-11(2)24-19-15/h7,13H,4-6,8-10H2,1-3H3/t13-/m1/s1. The van der Waals surface area contributed by atoms with Gasteiger partial charge in [-0.3, -0.25) is 9.69 Å². The van der Waals surface area contributed by atoms with Crippen molar-refractivity contribution in [1.29, 1.82) is 0 Å². The molecule has 1 aliphatic rings. The van der Waals surface area contributed by atoms with Crippen molar-refractivity contribution in [2.45, 2.75) is 52.7 Å². The van der Waals surface area contributed by atoms with Crippen molar-refractivity contribution in [2.24, 2.45) is 0 Å². The van der Waals surface area contributed by atoms with Crippen LogP contribution in [0.3, 0.4) is 0 Å². The lowest BCUT2D eigenvalue weighted by Gasteiger charge is -2.26. The minimum atomic E-state index is 0.0357. The molecular formula is C16H23N5O3. The molecule has 0 radical (unpaired) electrons. The van der Waals surface area contributed by atoms with E-state index in [1.165, 1.54) is 0 Å². The largest absolute Gasteiger partial charge is 0.444 e. The number of amides is 1. The fourth-order valence-corrected chi connectivity index (χ4v) is 3.04. The van der Waals surface area contributed by atoms with Gasteiger partial charge in [0.15, 0.2) is 5.82 Å². The zero-order chi connectivity index (χ0) is 17.1. The molecule has 1 fully saturated rings. The number of nitrogens with zero attached hydrogens (tertiary/aromatic N) is 5. The Balaban J connectivity index is 1.61. The summed E-state index contributed by atoms with van der Waals surface area (Å²) in [5.41, 5.74) is 0. The van der Waals surface area contributed by atoms with Crippen LogP contribution in [0.15, 0.2) is 15.1 Å². The van der Waals surface area contributed by atoms with E-state index in [1.807, 2.05) is 11.8 Å². The Kier molecular flexibility index (Phi) is 4.94. The van der Waals surface area contributed by atoms with E-state index >= 15 is 0 Å². The Hall–Kier alpha value is -2.22. The maximum Gasteiger partial charge on any atom is 0.223 e. The highest BCUT2D eigenvalue weighted by Crippen LogP contribution is 2.20. The lowest BCUT2D eigenvalue weighted by atomic mass is 10.2. The fraction of sp³-hybridized carbons (Fsp3) is 0.625. The van der Waals surface area contributed by atoms with Crippen molar-refractivity contribution in [2.75, 3.05) is 13.1 Å². The lowest BCUT2D eigenvalue weighted by Crippen LogP contribution is -2.40. The molecule has 130 valence electrons. The first kappa shape index (κ1) is 16.6. The average Bonchev–Trinajstić information content (AvgIpc) is 3.26. The predicted octanol–water partition coefficient (Wildman–Crippen LogP) is 1.55. The predicted molar refractivity (Wildman–Crippen MR) is 84.8 cm³/mol. The van der Waals surface area contributed by atoms with Crippen LogP contribution in [0.5, 0.6) is 0 Å². The Morgan fingerprint density at radius 2 is 2.33 bits per heavy atom. The fourth-order valence-electron chi connectivity index (χ4n) is 3.04. The molecule has 1 amide bonds. The molecule has 1 atom stereocenters. The van der Waals surface area contributed by atoms with Gasteiger partial charge in [-0.1, -0.05) is 12.1 Å². The molecule has 0 saturated carbocycles. The van der Waals surface area contributed by atoms with Crippen LogP contribution in [0.4, 0.5) is 0 Å². The van der Waals surface area contributed by atoms with Gasteiger partial charge in [-0.25, -0.2) is 4.98 Å². The molecule has 2 aromatic heterocycles. The van der Waals surface area contributed by atoms with Crippen LogP contribution in [0.1, 0.15) is 43.6 Å². The Morgan fingerprint density at radius 1 is 1.50 bits per heavy atom. The Labute approximate surface area is 140 Å². The summed E-state index contributed by atoms with van der Waals surface area (Å²) in [6.45, 7) is 8.12. The number of carbonyl (C=O) groups is 1. The van der Waals surface area contributed by atoms with Crippen LogP contribution in [0.25, 0.3) is 0 Å². The van der Waals surface area contributed by atoms with Gasteiger partial charge < -0.3 is 13.8 Å². The summed E-state index contributed by atoms with van der Waals surface area (Å²) in [7, 11) is 0. The summed E-state index contributed by atoms with van der Waals surface area (Å²) in [5, 5.41) is 3.93. The van der Waals surface area contributed by atoms with Gasteiger partial charge in [0.1, 0.15) is 5.76 Å². The molecule has 0 aromatic carbocycles. The number of oxazole rings is 1. The number of likely N-dealkylation sites (tertiary alicyclic amines) is 1. The van der Waals surface area contributed by atoms with Crippen molar-refractivity contribution < 1.29 is 13.7 Å². The minimum absolute atomic E-state index is 0.0357. The SMILES string of the molecule is CCc1cnc(CN(C(C)=O)[C@@H]2CCN(Cc3noc(C)n3)C2)o1. The number of hydrogen-bond donors (Lipinski definition) is 0. The van der Waals surface area contributed by atoms with E-state index in [9.17, 15) is 4.79 Å². The van der Waals surface area contributed by atoms with E-state index in [2.05, 4.69) is 20.0 Å². The third-order valence-electron chi connectivity index (χ3n) is 4.28. The van der Waals surface area contributed by atoms with Gasteiger partial charge >= 0.3 is 0 Å². The first-order valence-corrected chi connectivity index (χ1v) is 8.27. The molecular weight excluding hydrogens is 310 g/mol. The molecule has 0 aliphatic carbocycles. The first-order valence-electron chi connectivity index (χ1n) is 8.27. The first-order chi connectivity index (χ1) is 11.5. The van der Waals surface area contributed by atoms with Crippen molar-refractivity contribution in [3.63, 3.8) is 0 Å².